The van der Waals surface area contributed by atoms with Crippen LogP contribution in [0.4, 0.5) is 0 Å². The van der Waals surface area contributed by atoms with Crippen LogP contribution in [0.1, 0.15) is 18.1 Å². The summed E-state index contributed by atoms with van der Waals surface area (Å²) < 4.78 is 0. The van der Waals surface area contributed by atoms with E-state index in [0.717, 1.165) is 28.5 Å². The van der Waals surface area contributed by atoms with Crippen LogP contribution in [0, 0.1) is 11.3 Å². The number of nitriles is 1. The number of fused-ring (bicyclic) bond motifs is 1. The van der Waals surface area contributed by atoms with Crippen LogP contribution in [-0.2, 0) is 6.42 Å². The summed E-state index contributed by atoms with van der Waals surface area (Å²) in [6.45, 7) is 2.11. The van der Waals surface area contributed by atoms with Crippen LogP contribution >= 0.6 is 0 Å². The lowest BCUT2D eigenvalue weighted by Crippen LogP contribution is -2.05. The Morgan fingerprint density at radius 3 is 2.52 bits per heavy atom. The predicted octanol–water partition coefficient (Wildman–Crippen LogP) is 3.63. The van der Waals surface area contributed by atoms with Crippen molar-refractivity contribution in [3.63, 3.8) is 0 Å². The predicted molar refractivity (Wildman–Crippen MR) is 84.1 cm³/mol. The maximum atomic E-state index is 11.8. The van der Waals surface area contributed by atoms with Gasteiger partial charge in [0.05, 0.1) is 11.6 Å². The third kappa shape index (κ3) is 2.44. The summed E-state index contributed by atoms with van der Waals surface area (Å²) in [4.78, 5) is 14.6. The number of rotatable bonds is 2. The lowest BCUT2D eigenvalue weighted by atomic mass is 9.98. The van der Waals surface area contributed by atoms with E-state index < -0.39 is 0 Å². The van der Waals surface area contributed by atoms with Gasteiger partial charge in [-0.05, 0) is 41.3 Å². The number of nitrogens with one attached hydrogen (secondary N) is 1. The van der Waals surface area contributed by atoms with E-state index in [1.807, 2.05) is 18.2 Å². The van der Waals surface area contributed by atoms with Gasteiger partial charge in [0.15, 0.2) is 0 Å². The smallest absolute Gasteiger partial charge is 0.249 e. The van der Waals surface area contributed by atoms with E-state index in [4.69, 9.17) is 5.26 Å². The highest BCUT2D eigenvalue weighted by Crippen LogP contribution is 2.27. The Labute approximate surface area is 122 Å². The number of benzene rings is 2. The number of aromatic amines is 1. The molecule has 1 heterocycles. The molecule has 0 saturated carbocycles. The van der Waals surface area contributed by atoms with E-state index in [-0.39, 0.29) is 5.56 Å². The highest BCUT2D eigenvalue weighted by molar-refractivity contribution is 5.95. The van der Waals surface area contributed by atoms with Crippen LogP contribution in [0.3, 0.4) is 0 Å². The Bertz CT molecular complexity index is 899. The monoisotopic (exact) mass is 274 g/mol. The number of hydrogen-bond donors (Lipinski definition) is 1. The molecule has 21 heavy (non-hydrogen) atoms. The largest absolute Gasteiger partial charge is 0.322 e. The molecule has 3 nitrogen and oxygen atoms in total. The van der Waals surface area contributed by atoms with Crippen LogP contribution in [0.5, 0.6) is 0 Å². The van der Waals surface area contributed by atoms with Gasteiger partial charge in [0.1, 0.15) is 0 Å². The van der Waals surface area contributed by atoms with E-state index >= 15 is 0 Å². The lowest BCUT2D eigenvalue weighted by molar-refractivity contribution is 1.14. The Kier molecular flexibility index (Phi) is 3.29. The summed E-state index contributed by atoms with van der Waals surface area (Å²) in [7, 11) is 0. The number of aromatic nitrogens is 1. The topological polar surface area (TPSA) is 56.6 Å². The van der Waals surface area contributed by atoms with Crippen molar-refractivity contribution in [3.8, 4) is 17.2 Å². The molecule has 0 radical (unpaired) electrons. The second-order valence-corrected chi connectivity index (χ2v) is 4.97. The molecule has 1 aromatic heterocycles. The van der Waals surface area contributed by atoms with Crippen LogP contribution in [0.2, 0.25) is 0 Å². The number of H-pyrrole nitrogens is 1. The van der Waals surface area contributed by atoms with Gasteiger partial charge in [-0.25, -0.2) is 0 Å². The minimum absolute atomic E-state index is 0.137. The first kappa shape index (κ1) is 13.1. The Hall–Kier alpha value is -2.86. The van der Waals surface area contributed by atoms with Crippen molar-refractivity contribution in [2.45, 2.75) is 13.3 Å². The standard InChI is InChI=1S/C18H14N2O/c1-2-12-3-6-14(7-4-12)15-10-18(21)20-17-8-5-13(11-19)9-16(15)17/h3-10H,2H2,1H3,(H,20,21). The Balaban J connectivity index is 2.29. The quantitative estimate of drug-likeness (QED) is 0.775. The molecule has 3 heteroatoms. The van der Waals surface area contributed by atoms with E-state index in [1.54, 1.807) is 18.2 Å². The van der Waals surface area contributed by atoms with Gasteiger partial charge in [-0.1, -0.05) is 31.2 Å². The summed E-state index contributed by atoms with van der Waals surface area (Å²) in [5.74, 6) is 0. The van der Waals surface area contributed by atoms with Crippen molar-refractivity contribution in [1.29, 1.82) is 5.26 Å². The highest BCUT2D eigenvalue weighted by Gasteiger charge is 2.07. The van der Waals surface area contributed by atoms with Crippen molar-refractivity contribution in [1.82, 2.24) is 4.98 Å². The minimum Gasteiger partial charge on any atom is -0.322 e. The van der Waals surface area contributed by atoms with Crippen molar-refractivity contribution in [2.75, 3.05) is 0 Å². The fourth-order valence-electron chi connectivity index (χ4n) is 2.48. The average Bonchev–Trinajstić information content (AvgIpc) is 2.53. The van der Waals surface area contributed by atoms with Crippen molar-refractivity contribution >= 4 is 10.9 Å². The van der Waals surface area contributed by atoms with Crippen LogP contribution in [-0.4, -0.2) is 4.98 Å². The Morgan fingerprint density at radius 2 is 1.86 bits per heavy atom. The molecule has 0 unspecified atom stereocenters. The molecule has 0 saturated heterocycles. The molecule has 3 aromatic rings. The van der Waals surface area contributed by atoms with Gasteiger partial charge in [-0.15, -0.1) is 0 Å². The van der Waals surface area contributed by atoms with Gasteiger partial charge in [0, 0.05) is 17.0 Å². The van der Waals surface area contributed by atoms with Gasteiger partial charge in [-0.2, -0.15) is 5.26 Å². The third-order valence-electron chi connectivity index (χ3n) is 3.65. The molecule has 0 amide bonds. The first-order valence-corrected chi connectivity index (χ1v) is 6.88. The fourth-order valence-corrected chi connectivity index (χ4v) is 2.48. The minimum atomic E-state index is -0.137. The summed E-state index contributed by atoms with van der Waals surface area (Å²) in [6, 6.07) is 17.2. The number of nitrogens with zero attached hydrogens (tertiary/aromatic N) is 1. The van der Waals surface area contributed by atoms with Crippen molar-refractivity contribution < 1.29 is 0 Å². The first-order valence-electron chi connectivity index (χ1n) is 6.88. The van der Waals surface area contributed by atoms with E-state index in [0.29, 0.717) is 5.56 Å². The zero-order chi connectivity index (χ0) is 14.8. The Morgan fingerprint density at radius 1 is 1.10 bits per heavy atom. The molecule has 0 aliphatic rings. The number of hydrogen-bond acceptors (Lipinski definition) is 2. The molecular weight excluding hydrogens is 260 g/mol. The normalized spacial score (nSPS) is 10.5. The molecule has 102 valence electrons. The summed E-state index contributed by atoms with van der Waals surface area (Å²) >= 11 is 0. The highest BCUT2D eigenvalue weighted by atomic mass is 16.1. The summed E-state index contributed by atoms with van der Waals surface area (Å²) in [6.07, 6.45) is 0.981. The van der Waals surface area contributed by atoms with E-state index in [2.05, 4.69) is 30.1 Å². The number of pyridine rings is 1. The van der Waals surface area contributed by atoms with Crippen LogP contribution in [0.25, 0.3) is 22.0 Å². The van der Waals surface area contributed by atoms with Gasteiger partial charge in [0.2, 0.25) is 5.56 Å². The SMILES string of the molecule is CCc1ccc(-c2cc(=O)[nH]c3ccc(C#N)cc23)cc1. The first-order chi connectivity index (χ1) is 10.2. The molecule has 0 aliphatic heterocycles. The molecule has 0 atom stereocenters. The van der Waals surface area contributed by atoms with Gasteiger partial charge < -0.3 is 4.98 Å². The zero-order valence-corrected chi connectivity index (χ0v) is 11.7. The van der Waals surface area contributed by atoms with E-state index in [9.17, 15) is 4.79 Å². The van der Waals surface area contributed by atoms with E-state index in [1.165, 1.54) is 5.56 Å². The van der Waals surface area contributed by atoms with Gasteiger partial charge in [-0.3, -0.25) is 4.79 Å². The van der Waals surface area contributed by atoms with Crippen LogP contribution in [0.15, 0.2) is 53.3 Å². The third-order valence-corrected chi connectivity index (χ3v) is 3.65. The number of aryl methyl sites for hydroxylation is 1. The maximum absolute atomic E-state index is 11.8. The molecule has 2 aromatic carbocycles. The second kappa shape index (κ2) is 5.26. The molecular formula is C18H14N2O. The molecule has 1 N–H and O–H groups in total. The second-order valence-electron chi connectivity index (χ2n) is 4.97. The maximum Gasteiger partial charge on any atom is 0.249 e. The lowest BCUT2D eigenvalue weighted by Gasteiger charge is -2.08. The molecule has 0 aliphatic carbocycles. The van der Waals surface area contributed by atoms with Crippen molar-refractivity contribution in [2.24, 2.45) is 0 Å². The van der Waals surface area contributed by atoms with Gasteiger partial charge in [0.25, 0.3) is 0 Å². The zero-order valence-electron chi connectivity index (χ0n) is 11.7. The fraction of sp³-hybridized carbons (Fsp3) is 0.111. The molecule has 3 rings (SSSR count). The van der Waals surface area contributed by atoms with Crippen molar-refractivity contribution in [3.05, 3.63) is 70.0 Å². The summed E-state index contributed by atoms with van der Waals surface area (Å²) in [5, 5.41) is 9.95. The molecule has 0 bridgehead atoms. The van der Waals surface area contributed by atoms with Gasteiger partial charge >= 0.3 is 0 Å². The molecule has 0 spiro atoms. The average molecular weight is 274 g/mol. The van der Waals surface area contributed by atoms with Crippen LogP contribution < -0.4 is 5.56 Å². The summed E-state index contributed by atoms with van der Waals surface area (Å²) in [5.41, 5.74) is 4.29. The molecule has 0 fully saturated rings.